The van der Waals surface area contributed by atoms with Crippen molar-refractivity contribution in [1.29, 1.82) is 0 Å². The number of aromatic nitrogens is 2. The highest BCUT2D eigenvalue weighted by molar-refractivity contribution is 8.00. The van der Waals surface area contributed by atoms with Gasteiger partial charge in [-0.15, -0.1) is 0 Å². The Bertz CT molecular complexity index is 3300. The van der Waals surface area contributed by atoms with Gasteiger partial charge in [0.25, 0.3) is 37.4 Å². The van der Waals surface area contributed by atoms with E-state index < -0.39 is 43.4 Å². The summed E-state index contributed by atoms with van der Waals surface area (Å²) in [6.45, 7) is 10.0. The van der Waals surface area contributed by atoms with Crippen LogP contribution in [0.15, 0.2) is 162 Å². The van der Waals surface area contributed by atoms with Crippen molar-refractivity contribution >= 4 is 58.9 Å². The predicted octanol–water partition coefficient (Wildman–Crippen LogP) is 8.58. The minimum absolute atomic E-state index is 0.00374. The van der Waals surface area contributed by atoms with Crippen molar-refractivity contribution in [2.45, 2.75) is 116 Å². The number of anilines is 1. The van der Waals surface area contributed by atoms with Crippen LogP contribution in [0.25, 0.3) is 20.3 Å². The van der Waals surface area contributed by atoms with Crippen LogP contribution in [0.3, 0.4) is 0 Å². The molecule has 1 aliphatic carbocycles. The fourth-order valence-electron chi connectivity index (χ4n) is 9.45. The summed E-state index contributed by atoms with van der Waals surface area (Å²) in [5.41, 5.74) is 4.52. The second kappa shape index (κ2) is 26.6. The molecule has 6 aromatic rings. The van der Waals surface area contributed by atoms with E-state index in [4.69, 9.17) is 5.11 Å². The monoisotopic (exact) mass is 1120 g/mol. The Kier molecular flexibility index (Phi) is 20.1. The molecular formula is C59H71N7O9S3. The van der Waals surface area contributed by atoms with Gasteiger partial charge in [-0.1, -0.05) is 139 Å². The van der Waals surface area contributed by atoms with Crippen LogP contribution in [-0.2, 0) is 42.6 Å². The van der Waals surface area contributed by atoms with Crippen LogP contribution < -0.4 is 21.5 Å². The zero-order valence-electron chi connectivity index (χ0n) is 44.8. The number of aliphatic hydroxyl groups excluding tert-OH is 2. The minimum atomic E-state index is -3.94. The van der Waals surface area contributed by atoms with Crippen molar-refractivity contribution in [3.8, 4) is 10.4 Å². The molecule has 3 aliphatic rings. The van der Waals surface area contributed by atoms with Crippen molar-refractivity contribution in [2.75, 3.05) is 25.0 Å². The first-order valence-corrected chi connectivity index (χ1v) is 30.0. The standard InChI is InChI=1S/C25H25N3OS.C18H24N2O4S.C16H22N2O4S/c29-25-23(27-17-8-7-12-20-10-3-1-4-11-20)24(22-14-5-2-6-15-22)30-28(25)19-21-13-9-16-26-18-21;1-12(2)20-18(22)16(19-14-8-10-15(21)11-9-14)17(25(20,23)24)13-6-4-3-5-7-13;1-16(2,3)18-15(20)13(17-10-7-11-19)14(23(18,21)22)12-8-5-4-6-9-12/h1-6,9-11,13-16,18,27H,7-8,12,17,19H2;3-7,12,14-15,19,21H,8-11H2,1-2H3;4-6,8-9,17,19H,7,10-11H2,1-3H3/t;14-,15-;. The summed E-state index contributed by atoms with van der Waals surface area (Å²) in [6, 6.07) is 41.4. The third kappa shape index (κ3) is 14.2. The number of hydrogen-bond acceptors (Lipinski definition) is 14. The lowest BCUT2D eigenvalue weighted by Gasteiger charge is -2.30. The lowest BCUT2D eigenvalue weighted by atomic mass is 9.93. The smallest absolute Gasteiger partial charge is 0.285 e. The van der Waals surface area contributed by atoms with Gasteiger partial charge in [0.1, 0.15) is 26.9 Å². The second-order valence-electron chi connectivity index (χ2n) is 20.5. The Labute approximate surface area is 462 Å². The molecule has 9 rings (SSSR count). The molecule has 2 amide bonds. The average molecular weight is 1120 g/mol. The van der Waals surface area contributed by atoms with Crippen LogP contribution in [0.1, 0.15) is 102 Å². The SMILES string of the molecule is CC(C)(C)N1C(=O)C(NCCCO)=C(c2ccccc2)S1(=O)=O.CC(C)N1C(=O)C(N[C@H]2CC[C@H](O)CC2)=C(c2ccccc2)S1(=O)=O.O=c1c(NCCCCc2ccccc2)c(-c2ccccc2)sn1Cc1cccnc1. The van der Waals surface area contributed by atoms with Crippen molar-refractivity contribution in [3.05, 3.63) is 190 Å². The van der Waals surface area contributed by atoms with Crippen molar-refractivity contribution in [2.24, 2.45) is 0 Å². The molecule has 78 heavy (non-hydrogen) atoms. The molecule has 0 spiro atoms. The molecule has 2 aliphatic heterocycles. The number of aryl methyl sites for hydroxylation is 1. The van der Waals surface area contributed by atoms with Gasteiger partial charge in [0.05, 0.1) is 23.1 Å². The number of pyridine rings is 1. The highest BCUT2D eigenvalue weighted by Gasteiger charge is 2.49. The van der Waals surface area contributed by atoms with E-state index in [2.05, 4.69) is 57.3 Å². The summed E-state index contributed by atoms with van der Waals surface area (Å²) in [7, 11) is -7.82. The number of carbonyl (C=O) groups excluding carboxylic acids is 2. The van der Waals surface area contributed by atoms with Crippen molar-refractivity contribution in [1.82, 2.24) is 28.2 Å². The first-order valence-electron chi connectivity index (χ1n) is 26.4. The summed E-state index contributed by atoms with van der Waals surface area (Å²) in [5.74, 6) is -1.06. The second-order valence-corrected chi connectivity index (χ2v) is 25.0. The zero-order valence-corrected chi connectivity index (χ0v) is 47.3. The maximum atomic E-state index is 13.1. The fourth-order valence-corrected chi connectivity index (χ4v) is 14.5. The molecule has 0 radical (unpaired) electrons. The van der Waals surface area contributed by atoms with Gasteiger partial charge >= 0.3 is 0 Å². The van der Waals surface area contributed by atoms with E-state index in [0.29, 0.717) is 62.0 Å². The van der Waals surface area contributed by atoms with Crippen LogP contribution >= 0.6 is 11.5 Å². The van der Waals surface area contributed by atoms with E-state index in [-0.39, 0.29) is 45.5 Å². The molecule has 5 N–H and O–H groups in total. The number of amides is 2. The van der Waals surface area contributed by atoms with Crippen LogP contribution in [0.2, 0.25) is 0 Å². The van der Waals surface area contributed by atoms with Crippen LogP contribution in [0.5, 0.6) is 0 Å². The maximum absolute atomic E-state index is 13.1. The number of sulfonamides is 2. The molecule has 16 nitrogen and oxygen atoms in total. The lowest BCUT2D eigenvalue weighted by Crippen LogP contribution is -2.46. The average Bonchev–Trinajstić information content (AvgIpc) is 4.10. The van der Waals surface area contributed by atoms with Crippen LogP contribution in [0.4, 0.5) is 5.69 Å². The Morgan fingerprint density at radius 1 is 0.654 bits per heavy atom. The number of aliphatic hydroxyl groups is 2. The van der Waals surface area contributed by atoms with Crippen LogP contribution in [-0.4, -0.2) is 99.8 Å². The van der Waals surface area contributed by atoms with Gasteiger partial charge in [0, 0.05) is 44.2 Å². The molecule has 1 fully saturated rings. The number of hydrogen-bond donors (Lipinski definition) is 5. The first kappa shape index (κ1) is 58.8. The minimum Gasteiger partial charge on any atom is -0.396 e. The molecule has 0 unspecified atom stereocenters. The number of unbranched alkanes of at least 4 members (excludes halogenated alkanes) is 1. The number of carbonyl (C=O) groups is 2. The molecule has 1 saturated carbocycles. The van der Waals surface area contributed by atoms with Crippen molar-refractivity contribution < 1.29 is 36.6 Å². The maximum Gasteiger partial charge on any atom is 0.285 e. The van der Waals surface area contributed by atoms with Gasteiger partial charge in [0.15, 0.2) is 0 Å². The molecule has 19 heteroatoms. The van der Waals surface area contributed by atoms with Crippen molar-refractivity contribution in [3.63, 3.8) is 0 Å². The highest BCUT2D eigenvalue weighted by atomic mass is 32.2. The molecule has 0 bridgehead atoms. The Morgan fingerprint density at radius 3 is 1.73 bits per heavy atom. The van der Waals surface area contributed by atoms with Gasteiger partial charge in [-0.3, -0.25) is 23.3 Å². The molecule has 4 aromatic carbocycles. The summed E-state index contributed by atoms with van der Waals surface area (Å²) < 4.78 is 55.6. The number of nitrogens with zero attached hydrogens (tertiary/aromatic N) is 4. The molecule has 414 valence electrons. The summed E-state index contributed by atoms with van der Waals surface area (Å²) >= 11 is 1.51. The number of rotatable bonds is 18. The molecular weight excluding hydrogens is 1050 g/mol. The highest BCUT2D eigenvalue weighted by Crippen LogP contribution is 2.40. The zero-order chi connectivity index (χ0) is 56.0. The van der Waals surface area contributed by atoms with E-state index in [1.54, 1.807) is 95.4 Å². The third-order valence-electron chi connectivity index (χ3n) is 13.1. The van der Waals surface area contributed by atoms with Gasteiger partial charge < -0.3 is 26.2 Å². The first-order chi connectivity index (χ1) is 37.3. The van der Waals surface area contributed by atoms with Gasteiger partial charge in [-0.25, -0.2) is 25.4 Å². The van der Waals surface area contributed by atoms with E-state index in [9.17, 15) is 36.3 Å². The fraction of sp³-hybridized carbons (Fsp3) is 0.356. The van der Waals surface area contributed by atoms with Gasteiger partial charge in [0.2, 0.25) is 0 Å². The van der Waals surface area contributed by atoms with E-state index in [1.165, 1.54) is 17.1 Å². The van der Waals surface area contributed by atoms with Gasteiger partial charge in [-0.05, 0) is 120 Å². The Balaban J connectivity index is 0.000000171. The number of nitrogens with one attached hydrogen (secondary N) is 3. The number of benzene rings is 4. The predicted molar refractivity (Wildman–Crippen MR) is 309 cm³/mol. The summed E-state index contributed by atoms with van der Waals surface area (Å²) in [4.78, 5) is 43.9. The Hall–Kier alpha value is -6.90. The quantitative estimate of drug-likeness (QED) is 0.0510. The van der Waals surface area contributed by atoms with E-state index in [1.807, 2.05) is 52.6 Å². The molecule has 0 saturated heterocycles. The summed E-state index contributed by atoms with van der Waals surface area (Å²) in [6.07, 6.45) is 9.56. The lowest BCUT2D eigenvalue weighted by molar-refractivity contribution is -0.125. The topological polar surface area (TPSA) is 220 Å². The third-order valence-corrected chi connectivity index (χ3v) is 18.5. The molecule has 4 heterocycles. The summed E-state index contributed by atoms with van der Waals surface area (Å²) in [5, 5.41) is 28.1. The largest absolute Gasteiger partial charge is 0.396 e. The Morgan fingerprint density at radius 2 is 1.19 bits per heavy atom. The molecule has 0 atom stereocenters. The van der Waals surface area contributed by atoms with E-state index >= 15 is 0 Å². The normalized spacial score (nSPS) is 17.8. The molecule has 2 aromatic heterocycles. The van der Waals surface area contributed by atoms with Gasteiger partial charge in [-0.2, -0.15) is 0 Å². The van der Waals surface area contributed by atoms with E-state index in [0.717, 1.165) is 50.4 Å². The van der Waals surface area contributed by atoms with Crippen LogP contribution in [0, 0.1) is 0 Å².